The van der Waals surface area contributed by atoms with Crippen LogP contribution in [0.3, 0.4) is 0 Å². The summed E-state index contributed by atoms with van der Waals surface area (Å²) < 4.78 is 0. The zero-order chi connectivity index (χ0) is 15.4. The molecule has 0 aliphatic heterocycles. The molecule has 2 aromatic carbocycles. The molecule has 3 nitrogen and oxygen atoms in total. The molecule has 3 heteroatoms. The zero-order valence-electron chi connectivity index (χ0n) is 12.9. The van der Waals surface area contributed by atoms with Gasteiger partial charge in [0.25, 0.3) is 5.91 Å². The summed E-state index contributed by atoms with van der Waals surface area (Å²) in [6, 6.07) is 13.6. The van der Waals surface area contributed by atoms with Gasteiger partial charge in [0.05, 0.1) is 0 Å². The number of anilines is 1. The van der Waals surface area contributed by atoms with Crippen LogP contribution in [-0.2, 0) is 6.54 Å². The van der Waals surface area contributed by atoms with Crippen LogP contribution in [0.5, 0.6) is 0 Å². The van der Waals surface area contributed by atoms with E-state index in [1.54, 1.807) is 0 Å². The summed E-state index contributed by atoms with van der Waals surface area (Å²) >= 11 is 0. The topological polar surface area (TPSA) is 46.3 Å². The van der Waals surface area contributed by atoms with Crippen molar-refractivity contribution in [3.63, 3.8) is 0 Å². The molecule has 110 valence electrons. The highest BCUT2D eigenvalue weighted by Gasteiger charge is 2.16. The molecule has 0 saturated carbocycles. The van der Waals surface area contributed by atoms with Gasteiger partial charge in [-0.3, -0.25) is 4.79 Å². The largest absolute Gasteiger partial charge is 0.399 e. The standard InChI is InChI=1S/C18H22N2O/c1-4-20(12-15-6-8-16(19)9-7-15)18(21)17-10-5-13(2)11-14(17)3/h5-11H,4,12,19H2,1-3H3. The average Bonchev–Trinajstić information content (AvgIpc) is 2.46. The molecule has 21 heavy (non-hydrogen) atoms. The molecule has 0 aliphatic rings. The summed E-state index contributed by atoms with van der Waals surface area (Å²) in [5.74, 6) is 0.0758. The van der Waals surface area contributed by atoms with Gasteiger partial charge >= 0.3 is 0 Å². The SMILES string of the molecule is CCN(Cc1ccc(N)cc1)C(=O)c1ccc(C)cc1C. The molecule has 0 heterocycles. The Labute approximate surface area is 126 Å². The number of aryl methyl sites for hydroxylation is 2. The van der Waals surface area contributed by atoms with Gasteiger partial charge in [-0.25, -0.2) is 0 Å². The predicted octanol–water partition coefficient (Wildman–Crippen LogP) is 3.55. The molecular formula is C18H22N2O. The number of carbonyl (C=O) groups excluding carboxylic acids is 1. The van der Waals surface area contributed by atoms with Gasteiger partial charge in [-0.1, -0.05) is 29.8 Å². The van der Waals surface area contributed by atoms with Crippen LogP contribution >= 0.6 is 0 Å². The molecule has 0 spiro atoms. The summed E-state index contributed by atoms with van der Waals surface area (Å²) in [6.07, 6.45) is 0. The maximum Gasteiger partial charge on any atom is 0.254 e. The molecule has 1 amide bonds. The fourth-order valence-electron chi connectivity index (χ4n) is 2.39. The molecule has 0 unspecified atom stereocenters. The summed E-state index contributed by atoms with van der Waals surface area (Å²) in [5, 5.41) is 0. The molecule has 0 aromatic heterocycles. The minimum Gasteiger partial charge on any atom is -0.399 e. The van der Waals surface area contributed by atoms with Crippen LogP contribution in [0.1, 0.15) is 34.0 Å². The van der Waals surface area contributed by atoms with Gasteiger partial charge in [-0.15, -0.1) is 0 Å². The lowest BCUT2D eigenvalue weighted by Crippen LogP contribution is -2.30. The van der Waals surface area contributed by atoms with E-state index in [9.17, 15) is 4.79 Å². The van der Waals surface area contributed by atoms with E-state index in [2.05, 4.69) is 0 Å². The number of carbonyl (C=O) groups is 1. The molecule has 2 N–H and O–H groups in total. The van der Waals surface area contributed by atoms with Crippen LogP contribution in [0.4, 0.5) is 5.69 Å². The third-order valence-corrected chi connectivity index (χ3v) is 3.63. The first kappa shape index (κ1) is 15.1. The van der Waals surface area contributed by atoms with Crippen molar-refractivity contribution in [2.24, 2.45) is 0 Å². The summed E-state index contributed by atoms with van der Waals surface area (Å²) in [6.45, 7) is 7.29. The lowest BCUT2D eigenvalue weighted by molar-refractivity contribution is 0.0752. The van der Waals surface area contributed by atoms with E-state index >= 15 is 0 Å². The van der Waals surface area contributed by atoms with Crippen molar-refractivity contribution in [3.8, 4) is 0 Å². The summed E-state index contributed by atoms with van der Waals surface area (Å²) in [7, 11) is 0. The highest BCUT2D eigenvalue weighted by molar-refractivity contribution is 5.95. The van der Waals surface area contributed by atoms with E-state index in [1.165, 1.54) is 5.56 Å². The third-order valence-electron chi connectivity index (χ3n) is 3.63. The van der Waals surface area contributed by atoms with Gasteiger partial charge in [0.15, 0.2) is 0 Å². The van der Waals surface area contributed by atoms with Gasteiger partial charge in [-0.2, -0.15) is 0 Å². The molecule has 0 aliphatic carbocycles. The molecule has 2 rings (SSSR count). The maximum atomic E-state index is 12.7. The molecule has 0 radical (unpaired) electrons. The first-order valence-electron chi connectivity index (χ1n) is 7.22. The van der Waals surface area contributed by atoms with Crippen LogP contribution in [0.25, 0.3) is 0 Å². The Hall–Kier alpha value is -2.29. The number of hydrogen-bond acceptors (Lipinski definition) is 2. The molecular weight excluding hydrogens is 260 g/mol. The predicted molar refractivity (Wildman–Crippen MR) is 87.2 cm³/mol. The van der Waals surface area contributed by atoms with E-state index in [-0.39, 0.29) is 5.91 Å². The number of nitrogens with two attached hydrogens (primary N) is 1. The normalized spacial score (nSPS) is 10.4. The second kappa shape index (κ2) is 6.44. The average molecular weight is 282 g/mol. The summed E-state index contributed by atoms with van der Waals surface area (Å²) in [5.41, 5.74) is 10.5. The number of rotatable bonds is 4. The van der Waals surface area contributed by atoms with Crippen molar-refractivity contribution in [2.45, 2.75) is 27.3 Å². The molecule has 0 saturated heterocycles. The van der Waals surface area contributed by atoms with Gasteiger partial charge in [0.1, 0.15) is 0 Å². The van der Waals surface area contributed by atoms with E-state index < -0.39 is 0 Å². The first-order valence-corrected chi connectivity index (χ1v) is 7.22. The molecule has 0 atom stereocenters. The van der Waals surface area contributed by atoms with Crippen LogP contribution in [-0.4, -0.2) is 17.4 Å². The number of nitrogen functional groups attached to an aromatic ring is 1. The van der Waals surface area contributed by atoms with E-state index in [4.69, 9.17) is 5.73 Å². The van der Waals surface area contributed by atoms with Crippen molar-refractivity contribution in [1.82, 2.24) is 4.90 Å². The first-order chi connectivity index (χ1) is 10.0. The lowest BCUT2D eigenvalue weighted by atomic mass is 10.0. The fourth-order valence-corrected chi connectivity index (χ4v) is 2.39. The second-order valence-corrected chi connectivity index (χ2v) is 5.38. The van der Waals surface area contributed by atoms with E-state index in [0.29, 0.717) is 13.1 Å². The van der Waals surface area contributed by atoms with Crippen LogP contribution in [0.15, 0.2) is 42.5 Å². The van der Waals surface area contributed by atoms with Crippen molar-refractivity contribution in [1.29, 1.82) is 0 Å². The molecule has 0 fully saturated rings. The Morgan fingerprint density at radius 3 is 2.33 bits per heavy atom. The van der Waals surface area contributed by atoms with Crippen LogP contribution in [0, 0.1) is 13.8 Å². The monoisotopic (exact) mass is 282 g/mol. The van der Waals surface area contributed by atoms with Gasteiger partial charge < -0.3 is 10.6 Å². The third kappa shape index (κ3) is 3.63. The van der Waals surface area contributed by atoms with E-state index in [1.807, 2.05) is 68.1 Å². The molecule has 2 aromatic rings. The maximum absolute atomic E-state index is 12.7. The number of nitrogens with zero attached hydrogens (tertiary/aromatic N) is 1. The Morgan fingerprint density at radius 1 is 1.10 bits per heavy atom. The van der Waals surface area contributed by atoms with Crippen molar-refractivity contribution >= 4 is 11.6 Å². The van der Waals surface area contributed by atoms with Gasteiger partial charge in [0.2, 0.25) is 0 Å². The van der Waals surface area contributed by atoms with E-state index in [0.717, 1.165) is 22.4 Å². The minimum absolute atomic E-state index is 0.0758. The number of hydrogen-bond donors (Lipinski definition) is 1. The lowest BCUT2D eigenvalue weighted by Gasteiger charge is -2.22. The highest BCUT2D eigenvalue weighted by atomic mass is 16.2. The second-order valence-electron chi connectivity index (χ2n) is 5.38. The Morgan fingerprint density at radius 2 is 1.76 bits per heavy atom. The molecule has 0 bridgehead atoms. The highest BCUT2D eigenvalue weighted by Crippen LogP contribution is 2.16. The zero-order valence-corrected chi connectivity index (χ0v) is 12.9. The van der Waals surface area contributed by atoms with Crippen molar-refractivity contribution < 1.29 is 4.79 Å². The Balaban J connectivity index is 2.20. The number of amides is 1. The minimum atomic E-state index is 0.0758. The smallest absolute Gasteiger partial charge is 0.254 e. The summed E-state index contributed by atoms with van der Waals surface area (Å²) in [4.78, 5) is 14.5. The quantitative estimate of drug-likeness (QED) is 0.872. The van der Waals surface area contributed by atoms with Crippen LogP contribution < -0.4 is 5.73 Å². The van der Waals surface area contributed by atoms with Crippen LogP contribution in [0.2, 0.25) is 0 Å². The Bertz CT molecular complexity index is 632. The number of benzene rings is 2. The van der Waals surface area contributed by atoms with Crippen molar-refractivity contribution in [2.75, 3.05) is 12.3 Å². The van der Waals surface area contributed by atoms with Gasteiger partial charge in [0, 0.05) is 24.3 Å². The van der Waals surface area contributed by atoms with Crippen molar-refractivity contribution in [3.05, 3.63) is 64.7 Å². The fraction of sp³-hybridized carbons (Fsp3) is 0.278. The van der Waals surface area contributed by atoms with Gasteiger partial charge in [-0.05, 0) is 50.1 Å². The Kier molecular flexibility index (Phi) is 4.63.